The fourth-order valence-electron chi connectivity index (χ4n) is 3.49. The van der Waals surface area contributed by atoms with Gasteiger partial charge in [-0.3, -0.25) is 9.69 Å². The normalized spacial score (nSPS) is 21.4. The van der Waals surface area contributed by atoms with E-state index in [9.17, 15) is 4.79 Å². The summed E-state index contributed by atoms with van der Waals surface area (Å²) in [6, 6.07) is 3.54. The average Bonchev–Trinajstić information content (AvgIpc) is 3.41. The molecule has 0 N–H and O–H groups in total. The number of furan rings is 1. The molecule has 140 valence electrons. The van der Waals surface area contributed by atoms with E-state index in [-0.39, 0.29) is 5.91 Å². The fourth-order valence-corrected chi connectivity index (χ4v) is 3.49. The Morgan fingerprint density at radius 3 is 2.88 bits per heavy atom. The lowest BCUT2D eigenvalue weighted by Crippen LogP contribution is -2.50. The second kappa shape index (κ2) is 8.01. The molecule has 1 unspecified atom stereocenters. The second-order valence-electron chi connectivity index (χ2n) is 6.81. The molecule has 8 heteroatoms. The monoisotopic (exact) mass is 360 g/mol. The molecule has 0 radical (unpaired) electrons. The Bertz CT molecular complexity index is 701. The Balaban J connectivity index is 1.20. The first-order chi connectivity index (χ1) is 12.8. The quantitative estimate of drug-likeness (QED) is 0.773. The summed E-state index contributed by atoms with van der Waals surface area (Å²) >= 11 is 0. The topological polar surface area (TPSA) is 84.8 Å². The molecule has 1 atom stereocenters. The maximum absolute atomic E-state index is 12.4. The van der Waals surface area contributed by atoms with Crippen molar-refractivity contribution in [3.63, 3.8) is 0 Å². The third-order valence-corrected chi connectivity index (χ3v) is 4.97. The van der Waals surface area contributed by atoms with Crippen molar-refractivity contribution in [3.05, 3.63) is 24.3 Å². The van der Waals surface area contributed by atoms with E-state index in [2.05, 4.69) is 15.0 Å². The van der Waals surface area contributed by atoms with Gasteiger partial charge < -0.3 is 18.6 Å². The number of carbonyl (C=O) groups is 1. The predicted octanol–water partition coefficient (Wildman–Crippen LogP) is 1.59. The summed E-state index contributed by atoms with van der Waals surface area (Å²) in [6.07, 6.45) is 5.09. The van der Waals surface area contributed by atoms with E-state index in [1.54, 1.807) is 18.4 Å². The molecule has 0 spiro atoms. The van der Waals surface area contributed by atoms with Crippen molar-refractivity contribution >= 4 is 5.91 Å². The molecule has 1 amide bonds. The Kier molecular flexibility index (Phi) is 5.31. The number of carbonyl (C=O) groups excluding carboxylic acids is 1. The first kappa shape index (κ1) is 17.2. The standard InChI is InChI=1S/C18H24N4O4/c23-17(6-5-16-19-18(20-26-16)15-4-2-12-25-15)22-9-7-21(8-10-22)13-14-3-1-11-24-14/h2,4,12,14H,1,3,5-11,13H2. The lowest BCUT2D eigenvalue weighted by Gasteiger charge is -2.35. The Morgan fingerprint density at radius 2 is 2.15 bits per heavy atom. The highest BCUT2D eigenvalue weighted by Crippen LogP contribution is 2.17. The van der Waals surface area contributed by atoms with Crippen LogP contribution in [-0.4, -0.2) is 71.3 Å². The van der Waals surface area contributed by atoms with E-state index in [0.717, 1.165) is 45.8 Å². The van der Waals surface area contributed by atoms with E-state index in [1.807, 2.05) is 4.90 Å². The van der Waals surface area contributed by atoms with Crippen molar-refractivity contribution in [2.45, 2.75) is 31.8 Å². The highest BCUT2D eigenvalue weighted by atomic mass is 16.5. The summed E-state index contributed by atoms with van der Waals surface area (Å²) < 4.78 is 16.1. The first-order valence-electron chi connectivity index (χ1n) is 9.26. The number of aryl methyl sites for hydroxylation is 1. The summed E-state index contributed by atoms with van der Waals surface area (Å²) in [4.78, 5) is 21.0. The first-order valence-corrected chi connectivity index (χ1v) is 9.26. The van der Waals surface area contributed by atoms with E-state index in [0.29, 0.717) is 36.4 Å². The summed E-state index contributed by atoms with van der Waals surface area (Å²) in [5.74, 6) is 1.58. The van der Waals surface area contributed by atoms with Gasteiger partial charge in [0.15, 0.2) is 5.76 Å². The molecule has 8 nitrogen and oxygen atoms in total. The van der Waals surface area contributed by atoms with Gasteiger partial charge in [0.05, 0.1) is 12.4 Å². The molecule has 0 aromatic carbocycles. The summed E-state index contributed by atoms with van der Waals surface area (Å²) in [6.45, 7) is 5.24. The van der Waals surface area contributed by atoms with Crippen molar-refractivity contribution in [3.8, 4) is 11.6 Å². The van der Waals surface area contributed by atoms with Crippen LogP contribution in [0.5, 0.6) is 0 Å². The van der Waals surface area contributed by atoms with E-state index >= 15 is 0 Å². The number of piperazine rings is 1. The van der Waals surface area contributed by atoms with Crippen LogP contribution in [0.4, 0.5) is 0 Å². The third kappa shape index (κ3) is 4.13. The molecular weight excluding hydrogens is 336 g/mol. The van der Waals surface area contributed by atoms with E-state index < -0.39 is 0 Å². The number of nitrogens with zero attached hydrogens (tertiary/aromatic N) is 4. The van der Waals surface area contributed by atoms with Gasteiger partial charge in [0.1, 0.15) is 0 Å². The predicted molar refractivity (Wildman–Crippen MR) is 92.3 cm³/mol. The van der Waals surface area contributed by atoms with Gasteiger partial charge in [0, 0.05) is 52.2 Å². The van der Waals surface area contributed by atoms with Gasteiger partial charge in [-0.25, -0.2) is 0 Å². The maximum Gasteiger partial charge on any atom is 0.238 e. The van der Waals surface area contributed by atoms with Gasteiger partial charge >= 0.3 is 0 Å². The molecule has 2 aliphatic heterocycles. The largest absolute Gasteiger partial charge is 0.461 e. The molecule has 4 heterocycles. The fraction of sp³-hybridized carbons (Fsp3) is 0.611. The molecule has 0 bridgehead atoms. The van der Waals surface area contributed by atoms with Gasteiger partial charge in [-0.1, -0.05) is 5.16 Å². The smallest absolute Gasteiger partial charge is 0.238 e. The lowest BCUT2D eigenvalue weighted by atomic mass is 10.2. The minimum Gasteiger partial charge on any atom is -0.461 e. The van der Waals surface area contributed by atoms with Crippen molar-refractivity contribution in [1.29, 1.82) is 0 Å². The van der Waals surface area contributed by atoms with Crippen LogP contribution in [0.3, 0.4) is 0 Å². The zero-order valence-corrected chi connectivity index (χ0v) is 14.8. The van der Waals surface area contributed by atoms with Gasteiger partial charge in [0.2, 0.25) is 17.6 Å². The Morgan fingerprint density at radius 1 is 1.27 bits per heavy atom. The highest BCUT2D eigenvalue weighted by Gasteiger charge is 2.25. The second-order valence-corrected chi connectivity index (χ2v) is 6.81. The van der Waals surface area contributed by atoms with Crippen molar-refractivity contribution in [2.24, 2.45) is 0 Å². The van der Waals surface area contributed by atoms with Crippen molar-refractivity contribution < 1.29 is 18.5 Å². The van der Waals surface area contributed by atoms with E-state index in [1.165, 1.54) is 6.42 Å². The zero-order valence-electron chi connectivity index (χ0n) is 14.8. The summed E-state index contributed by atoms with van der Waals surface area (Å²) in [5.41, 5.74) is 0. The number of amides is 1. The van der Waals surface area contributed by atoms with Crippen molar-refractivity contribution in [2.75, 3.05) is 39.3 Å². The third-order valence-electron chi connectivity index (χ3n) is 4.97. The van der Waals surface area contributed by atoms with Crippen LogP contribution in [0, 0.1) is 0 Å². The molecule has 2 aromatic heterocycles. The molecule has 2 aromatic rings. The molecule has 4 rings (SSSR count). The SMILES string of the molecule is O=C(CCc1nc(-c2ccco2)no1)N1CCN(CC2CCCO2)CC1. The minimum absolute atomic E-state index is 0.138. The van der Waals surface area contributed by atoms with Crippen LogP contribution in [0.15, 0.2) is 27.3 Å². The van der Waals surface area contributed by atoms with Crippen LogP contribution in [-0.2, 0) is 16.0 Å². The highest BCUT2D eigenvalue weighted by molar-refractivity contribution is 5.76. The van der Waals surface area contributed by atoms with Crippen LogP contribution < -0.4 is 0 Å². The van der Waals surface area contributed by atoms with Gasteiger partial charge in [-0.2, -0.15) is 4.98 Å². The molecule has 2 fully saturated rings. The molecular formula is C18H24N4O4. The van der Waals surface area contributed by atoms with Gasteiger partial charge in [-0.05, 0) is 25.0 Å². The number of hydrogen-bond donors (Lipinski definition) is 0. The summed E-state index contributed by atoms with van der Waals surface area (Å²) in [5, 5.41) is 3.88. The Labute approximate surface area is 152 Å². The van der Waals surface area contributed by atoms with Gasteiger partial charge in [-0.15, -0.1) is 0 Å². The van der Waals surface area contributed by atoms with Gasteiger partial charge in [0.25, 0.3) is 0 Å². The molecule has 26 heavy (non-hydrogen) atoms. The Hall–Kier alpha value is -2.19. The van der Waals surface area contributed by atoms with Crippen LogP contribution in [0.1, 0.15) is 25.2 Å². The lowest BCUT2D eigenvalue weighted by molar-refractivity contribution is -0.133. The zero-order chi connectivity index (χ0) is 17.8. The molecule has 0 aliphatic carbocycles. The molecule has 2 saturated heterocycles. The summed E-state index contributed by atoms with van der Waals surface area (Å²) in [7, 11) is 0. The van der Waals surface area contributed by atoms with E-state index in [4.69, 9.17) is 13.7 Å². The number of rotatable bonds is 6. The number of aromatic nitrogens is 2. The number of hydrogen-bond acceptors (Lipinski definition) is 7. The average molecular weight is 360 g/mol. The van der Waals surface area contributed by atoms with Crippen molar-refractivity contribution in [1.82, 2.24) is 19.9 Å². The minimum atomic E-state index is 0.138. The molecule has 2 aliphatic rings. The van der Waals surface area contributed by atoms with Crippen LogP contribution in [0.25, 0.3) is 11.6 Å². The molecule has 0 saturated carbocycles. The van der Waals surface area contributed by atoms with Crippen LogP contribution >= 0.6 is 0 Å². The van der Waals surface area contributed by atoms with Crippen LogP contribution in [0.2, 0.25) is 0 Å². The number of ether oxygens (including phenoxy) is 1. The maximum atomic E-state index is 12.4.